The zero-order valence-electron chi connectivity index (χ0n) is 11.6. The third-order valence-electron chi connectivity index (χ3n) is 3.50. The van der Waals surface area contributed by atoms with Crippen LogP contribution in [0.15, 0.2) is 18.2 Å². The Hall–Kier alpha value is -1.30. The van der Waals surface area contributed by atoms with E-state index in [1.54, 1.807) is 18.2 Å². The molecule has 1 saturated heterocycles. The summed E-state index contributed by atoms with van der Waals surface area (Å²) in [4.78, 5) is 14.1. The van der Waals surface area contributed by atoms with E-state index in [0.29, 0.717) is 35.4 Å². The van der Waals surface area contributed by atoms with Gasteiger partial charge in [-0.05, 0) is 31.7 Å². The second kappa shape index (κ2) is 6.92. The summed E-state index contributed by atoms with van der Waals surface area (Å²) in [6, 6.07) is 5.50. The summed E-state index contributed by atoms with van der Waals surface area (Å²) in [6.07, 6.45) is 1.47. The predicted molar refractivity (Wildman–Crippen MR) is 81.0 cm³/mol. The van der Waals surface area contributed by atoms with E-state index in [1.807, 2.05) is 7.05 Å². The number of nitrogens with zero attached hydrogens (tertiary/aromatic N) is 1. The van der Waals surface area contributed by atoms with Crippen LogP contribution in [0, 0.1) is 0 Å². The first-order valence-corrected chi connectivity index (χ1v) is 7.07. The minimum absolute atomic E-state index is 0.0301. The van der Waals surface area contributed by atoms with Crippen LogP contribution in [-0.2, 0) is 9.53 Å². The first kappa shape index (κ1) is 15.1. The van der Waals surface area contributed by atoms with E-state index in [4.69, 9.17) is 22.1 Å². The number of ether oxygens (including phenoxy) is 1. The number of amides is 1. The molecule has 0 aromatic heterocycles. The van der Waals surface area contributed by atoms with Gasteiger partial charge in [0.2, 0.25) is 5.91 Å². The van der Waals surface area contributed by atoms with Gasteiger partial charge >= 0.3 is 0 Å². The Labute approximate surface area is 124 Å². The maximum atomic E-state index is 11.9. The van der Waals surface area contributed by atoms with Gasteiger partial charge in [-0.25, -0.2) is 0 Å². The van der Waals surface area contributed by atoms with Crippen molar-refractivity contribution >= 4 is 28.9 Å². The molecule has 6 heteroatoms. The average molecular weight is 298 g/mol. The topological polar surface area (TPSA) is 67.6 Å². The van der Waals surface area contributed by atoms with E-state index in [2.05, 4.69) is 10.2 Å². The zero-order valence-corrected chi connectivity index (χ0v) is 12.3. The highest BCUT2D eigenvalue weighted by molar-refractivity contribution is 6.33. The van der Waals surface area contributed by atoms with Gasteiger partial charge < -0.3 is 20.7 Å². The van der Waals surface area contributed by atoms with E-state index in [1.165, 1.54) is 0 Å². The van der Waals surface area contributed by atoms with Crippen molar-refractivity contribution in [2.75, 3.05) is 37.9 Å². The number of likely N-dealkylation sites (N-methyl/N-ethyl adjacent to an activating group) is 1. The fourth-order valence-electron chi connectivity index (χ4n) is 2.18. The molecule has 0 spiro atoms. The molecular formula is C14H20ClN3O2. The molecule has 1 aliphatic rings. The van der Waals surface area contributed by atoms with Crippen LogP contribution in [0.1, 0.15) is 12.8 Å². The van der Waals surface area contributed by atoms with Gasteiger partial charge in [0.25, 0.3) is 0 Å². The number of nitrogens with two attached hydrogens (primary N) is 1. The summed E-state index contributed by atoms with van der Waals surface area (Å²) in [5, 5.41) is 3.31. The molecule has 0 radical (unpaired) electrons. The SMILES string of the molecule is CN(CCC(=O)Nc1ccc(Cl)c(N)c1)C1CCOC1. The molecule has 1 fully saturated rings. The van der Waals surface area contributed by atoms with Crippen LogP contribution in [0.25, 0.3) is 0 Å². The number of nitrogen functional groups attached to an aromatic ring is 1. The molecule has 3 N–H and O–H groups in total. The first-order valence-electron chi connectivity index (χ1n) is 6.69. The van der Waals surface area contributed by atoms with Gasteiger partial charge in [-0.1, -0.05) is 11.6 Å². The number of nitrogens with one attached hydrogen (secondary N) is 1. The normalized spacial score (nSPS) is 18.4. The van der Waals surface area contributed by atoms with Crippen LogP contribution < -0.4 is 11.1 Å². The molecule has 0 aliphatic carbocycles. The van der Waals surface area contributed by atoms with Crippen LogP contribution >= 0.6 is 11.6 Å². The zero-order chi connectivity index (χ0) is 14.5. The molecule has 1 unspecified atom stereocenters. The van der Waals surface area contributed by atoms with Crippen molar-refractivity contribution in [1.29, 1.82) is 0 Å². The van der Waals surface area contributed by atoms with Crippen molar-refractivity contribution in [3.05, 3.63) is 23.2 Å². The molecule has 1 aromatic rings. The Morgan fingerprint density at radius 3 is 3.05 bits per heavy atom. The van der Waals surface area contributed by atoms with Crippen molar-refractivity contribution in [2.45, 2.75) is 18.9 Å². The minimum atomic E-state index is -0.0301. The maximum Gasteiger partial charge on any atom is 0.225 e. The van der Waals surface area contributed by atoms with Crippen molar-refractivity contribution in [1.82, 2.24) is 4.90 Å². The Morgan fingerprint density at radius 1 is 1.60 bits per heavy atom. The monoisotopic (exact) mass is 297 g/mol. The number of carbonyl (C=O) groups is 1. The molecule has 0 bridgehead atoms. The number of benzene rings is 1. The quantitative estimate of drug-likeness (QED) is 0.816. The first-order chi connectivity index (χ1) is 9.56. The third-order valence-corrected chi connectivity index (χ3v) is 3.84. The molecule has 1 aliphatic heterocycles. The van der Waals surface area contributed by atoms with E-state index in [9.17, 15) is 4.79 Å². The van der Waals surface area contributed by atoms with Crippen molar-refractivity contribution in [3.8, 4) is 0 Å². The summed E-state index contributed by atoms with van der Waals surface area (Å²) in [5.74, 6) is -0.0301. The van der Waals surface area contributed by atoms with E-state index >= 15 is 0 Å². The van der Waals surface area contributed by atoms with Crippen LogP contribution in [0.3, 0.4) is 0 Å². The Balaban J connectivity index is 1.78. The number of hydrogen-bond acceptors (Lipinski definition) is 4. The van der Waals surface area contributed by atoms with E-state index < -0.39 is 0 Å². The Bertz CT molecular complexity index is 475. The number of hydrogen-bond donors (Lipinski definition) is 2. The number of anilines is 2. The molecule has 1 aromatic carbocycles. The molecule has 0 saturated carbocycles. The third kappa shape index (κ3) is 4.10. The molecule has 5 nitrogen and oxygen atoms in total. The predicted octanol–water partition coefficient (Wildman–Crippen LogP) is 1.97. The van der Waals surface area contributed by atoms with Gasteiger partial charge in [-0.2, -0.15) is 0 Å². The number of rotatable bonds is 5. The molecule has 1 atom stereocenters. The Kier molecular flexibility index (Phi) is 5.23. The van der Waals surface area contributed by atoms with Crippen molar-refractivity contribution < 1.29 is 9.53 Å². The lowest BCUT2D eigenvalue weighted by molar-refractivity contribution is -0.116. The molecule has 1 heterocycles. The second-order valence-corrected chi connectivity index (χ2v) is 5.44. The molecular weight excluding hydrogens is 278 g/mol. The van der Waals surface area contributed by atoms with Gasteiger partial charge in [-0.15, -0.1) is 0 Å². The smallest absolute Gasteiger partial charge is 0.225 e. The highest BCUT2D eigenvalue weighted by Crippen LogP contribution is 2.22. The standard InChI is InChI=1S/C14H20ClN3O2/c1-18(11-5-7-20-9-11)6-4-14(19)17-10-2-3-12(15)13(16)8-10/h2-3,8,11H,4-7,9,16H2,1H3,(H,17,19). The largest absolute Gasteiger partial charge is 0.397 e. The summed E-state index contributed by atoms with van der Waals surface area (Å²) in [7, 11) is 2.02. The summed E-state index contributed by atoms with van der Waals surface area (Å²) < 4.78 is 5.34. The fraction of sp³-hybridized carbons (Fsp3) is 0.500. The van der Waals surface area contributed by atoms with Crippen molar-refractivity contribution in [3.63, 3.8) is 0 Å². The highest BCUT2D eigenvalue weighted by Gasteiger charge is 2.20. The van der Waals surface area contributed by atoms with Gasteiger partial charge in [0.05, 0.1) is 17.3 Å². The maximum absolute atomic E-state index is 11.9. The molecule has 2 rings (SSSR count). The van der Waals surface area contributed by atoms with Gasteiger partial charge in [0.15, 0.2) is 0 Å². The Morgan fingerprint density at radius 2 is 2.40 bits per heavy atom. The van der Waals surface area contributed by atoms with Crippen LogP contribution in [0.5, 0.6) is 0 Å². The van der Waals surface area contributed by atoms with E-state index in [-0.39, 0.29) is 5.91 Å². The number of halogens is 1. The van der Waals surface area contributed by atoms with Crippen molar-refractivity contribution in [2.24, 2.45) is 0 Å². The fourth-order valence-corrected chi connectivity index (χ4v) is 2.29. The lowest BCUT2D eigenvalue weighted by Gasteiger charge is -2.22. The van der Waals surface area contributed by atoms with E-state index in [0.717, 1.165) is 19.6 Å². The minimum Gasteiger partial charge on any atom is -0.397 e. The highest BCUT2D eigenvalue weighted by atomic mass is 35.5. The lowest BCUT2D eigenvalue weighted by atomic mass is 10.2. The average Bonchev–Trinajstić information content (AvgIpc) is 2.94. The molecule has 110 valence electrons. The molecule has 20 heavy (non-hydrogen) atoms. The van der Waals surface area contributed by atoms with Crippen LogP contribution in [0.2, 0.25) is 5.02 Å². The second-order valence-electron chi connectivity index (χ2n) is 5.03. The van der Waals surface area contributed by atoms with Gasteiger partial charge in [0, 0.05) is 31.3 Å². The molecule has 1 amide bonds. The summed E-state index contributed by atoms with van der Waals surface area (Å²) in [5.41, 5.74) is 6.83. The number of carbonyl (C=O) groups excluding carboxylic acids is 1. The summed E-state index contributed by atoms with van der Waals surface area (Å²) in [6.45, 7) is 2.28. The van der Waals surface area contributed by atoms with Crippen LogP contribution in [0.4, 0.5) is 11.4 Å². The van der Waals surface area contributed by atoms with Gasteiger partial charge in [-0.3, -0.25) is 4.79 Å². The summed E-state index contributed by atoms with van der Waals surface area (Å²) >= 11 is 5.84. The van der Waals surface area contributed by atoms with Gasteiger partial charge in [0.1, 0.15) is 0 Å². The lowest BCUT2D eigenvalue weighted by Crippen LogP contribution is -2.34. The van der Waals surface area contributed by atoms with Crippen LogP contribution in [-0.4, -0.2) is 43.7 Å².